The first-order valence-electron chi connectivity index (χ1n) is 6.14. The third-order valence-electron chi connectivity index (χ3n) is 2.88. The van der Waals surface area contributed by atoms with Crippen molar-refractivity contribution in [3.63, 3.8) is 0 Å². The van der Waals surface area contributed by atoms with Crippen LogP contribution in [0.3, 0.4) is 0 Å². The summed E-state index contributed by atoms with van der Waals surface area (Å²) < 4.78 is 13.4. The van der Waals surface area contributed by atoms with Crippen molar-refractivity contribution < 1.29 is 9.18 Å². The topological polar surface area (TPSA) is 29.1 Å². The van der Waals surface area contributed by atoms with Gasteiger partial charge in [0, 0.05) is 22.2 Å². The summed E-state index contributed by atoms with van der Waals surface area (Å²) in [5.41, 5.74) is 1.30. The average Bonchev–Trinajstić information content (AvgIpc) is 2.44. The van der Waals surface area contributed by atoms with E-state index in [1.807, 2.05) is 6.07 Å². The van der Waals surface area contributed by atoms with Gasteiger partial charge in [0.2, 0.25) is 0 Å². The molecule has 0 atom stereocenters. The first-order valence-corrected chi connectivity index (χ1v) is 7.69. The van der Waals surface area contributed by atoms with Gasteiger partial charge in [0.25, 0.3) is 5.91 Å². The van der Waals surface area contributed by atoms with Gasteiger partial charge >= 0.3 is 0 Å². The van der Waals surface area contributed by atoms with Crippen molar-refractivity contribution in [2.45, 2.75) is 6.42 Å². The molecule has 0 saturated heterocycles. The maximum absolute atomic E-state index is 13.1. The predicted octanol–water partition coefficient (Wildman–Crippen LogP) is 4.87. The summed E-state index contributed by atoms with van der Waals surface area (Å²) in [5, 5.41) is 3.91. The SMILES string of the molecule is O=C(NCCc1ccc(Cl)cc1Cl)c1ccc(F)c(Br)c1. The van der Waals surface area contributed by atoms with Gasteiger partial charge in [-0.05, 0) is 58.2 Å². The van der Waals surface area contributed by atoms with E-state index in [4.69, 9.17) is 23.2 Å². The molecule has 21 heavy (non-hydrogen) atoms. The molecule has 1 N–H and O–H groups in total. The third kappa shape index (κ3) is 4.43. The van der Waals surface area contributed by atoms with Crippen molar-refractivity contribution in [1.29, 1.82) is 0 Å². The zero-order valence-corrected chi connectivity index (χ0v) is 13.9. The number of halogens is 4. The molecule has 2 rings (SSSR count). The Hall–Kier alpha value is -1.10. The number of nitrogens with one attached hydrogen (secondary N) is 1. The summed E-state index contributed by atoms with van der Waals surface area (Å²) >= 11 is 14.9. The van der Waals surface area contributed by atoms with Crippen LogP contribution >= 0.6 is 39.1 Å². The molecule has 2 aromatic carbocycles. The molecule has 0 fully saturated rings. The molecule has 0 aliphatic rings. The fraction of sp³-hybridized carbons (Fsp3) is 0.133. The van der Waals surface area contributed by atoms with E-state index >= 15 is 0 Å². The number of carbonyl (C=O) groups excluding carboxylic acids is 1. The molecule has 0 radical (unpaired) electrons. The second-order valence-electron chi connectivity index (χ2n) is 4.37. The van der Waals surface area contributed by atoms with Crippen LogP contribution in [0.5, 0.6) is 0 Å². The number of rotatable bonds is 4. The van der Waals surface area contributed by atoms with E-state index in [-0.39, 0.29) is 10.4 Å². The Morgan fingerprint density at radius 1 is 1.19 bits per heavy atom. The van der Waals surface area contributed by atoms with Gasteiger partial charge in [-0.1, -0.05) is 29.3 Å². The molecule has 2 nitrogen and oxygen atoms in total. The summed E-state index contributed by atoms with van der Waals surface area (Å²) in [6.07, 6.45) is 0.587. The van der Waals surface area contributed by atoms with Crippen LogP contribution < -0.4 is 5.32 Å². The Morgan fingerprint density at radius 3 is 2.62 bits per heavy atom. The van der Waals surface area contributed by atoms with E-state index in [9.17, 15) is 9.18 Å². The summed E-state index contributed by atoms with van der Waals surface area (Å²) in [7, 11) is 0. The van der Waals surface area contributed by atoms with Crippen LogP contribution in [0.4, 0.5) is 4.39 Å². The van der Waals surface area contributed by atoms with E-state index in [2.05, 4.69) is 21.2 Å². The van der Waals surface area contributed by atoms with Crippen molar-refractivity contribution in [2.24, 2.45) is 0 Å². The van der Waals surface area contributed by atoms with Gasteiger partial charge in [0.05, 0.1) is 4.47 Å². The lowest BCUT2D eigenvalue weighted by molar-refractivity contribution is 0.0954. The van der Waals surface area contributed by atoms with Crippen LogP contribution in [0, 0.1) is 5.82 Å². The summed E-state index contributed by atoms with van der Waals surface area (Å²) in [6, 6.07) is 9.37. The highest BCUT2D eigenvalue weighted by Gasteiger charge is 2.08. The second-order valence-corrected chi connectivity index (χ2v) is 6.07. The van der Waals surface area contributed by atoms with E-state index in [1.54, 1.807) is 12.1 Å². The molecule has 0 aliphatic heterocycles. The summed E-state index contributed by atoms with van der Waals surface area (Å²) in [6.45, 7) is 0.426. The lowest BCUT2D eigenvalue weighted by Gasteiger charge is -2.07. The van der Waals surface area contributed by atoms with Gasteiger partial charge in [-0.2, -0.15) is 0 Å². The number of benzene rings is 2. The molecule has 110 valence electrons. The minimum absolute atomic E-state index is 0.260. The molecule has 0 bridgehead atoms. The Kier molecular flexibility index (Phi) is 5.62. The van der Waals surface area contributed by atoms with Crippen molar-refractivity contribution in [3.05, 3.63) is 67.9 Å². The first kappa shape index (κ1) is 16.3. The first-order chi connectivity index (χ1) is 9.97. The molecule has 6 heteroatoms. The molecular weight excluding hydrogens is 380 g/mol. The zero-order chi connectivity index (χ0) is 15.4. The molecule has 0 unspecified atom stereocenters. The molecule has 0 spiro atoms. The van der Waals surface area contributed by atoms with E-state index in [1.165, 1.54) is 18.2 Å². The minimum atomic E-state index is -0.403. The second kappa shape index (κ2) is 7.25. The van der Waals surface area contributed by atoms with Gasteiger partial charge < -0.3 is 5.32 Å². The molecule has 1 amide bonds. The highest BCUT2D eigenvalue weighted by Crippen LogP contribution is 2.21. The highest BCUT2D eigenvalue weighted by molar-refractivity contribution is 9.10. The maximum Gasteiger partial charge on any atom is 0.251 e. The quantitative estimate of drug-likeness (QED) is 0.792. The van der Waals surface area contributed by atoms with E-state index < -0.39 is 5.82 Å². The lowest BCUT2D eigenvalue weighted by Crippen LogP contribution is -2.25. The number of amides is 1. The fourth-order valence-corrected chi connectivity index (χ4v) is 2.66. The summed E-state index contributed by atoms with van der Waals surface area (Å²) in [5.74, 6) is -0.666. The van der Waals surface area contributed by atoms with Crippen LogP contribution in [-0.4, -0.2) is 12.5 Å². The normalized spacial score (nSPS) is 10.5. The number of carbonyl (C=O) groups is 1. The van der Waals surface area contributed by atoms with Crippen molar-refractivity contribution in [2.75, 3.05) is 6.54 Å². The number of hydrogen-bond donors (Lipinski definition) is 1. The van der Waals surface area contributed by atoms with Crippen LogP contribution in [-0.2, 0) is 6.42 Å². The fourth-order valence-electron chi connectivity index (χ4n) is 1.77. The van der Waals surface area contributed by atoms with Gasteiger partial charge in [-0.3, -0.25) is 4.79 Å². The molecule has 2 aromatic rings. The lowest BCUT2D eigenvalue weighted by atomic mass is 10.1. The minimum Gasteiger partial charge on any atom is -0.352 e. The van der Waals surface area contributed by atoms with Gasteiger partial charge in [-0.15, -0.1) is 0 Å². The Balaban J connectivity index is 1.93. The Bertz CT molecular complexity index is 679. The monoisotopic (exact) mass is 389 g/mol. The summed E-state index contributed by atoms with van der Waals surface area (Å²) in [4.78, 5) is 11.9. The van der Waals surface area contributed by atoms with Crippen LogP contribution in [0.2, 0.25) is 10.0 Å². The van der Waals surface area contributed by atoms with Gasteiger partial charge in [0.1, 0.15) is 5.82 Å². The molecular formula is C15H11BrCl2FNO. The molecule has 0 aromatic heterocycles. The van der Waals surface area contributed by atoms with Gasteiger partial charge in [-0.25, -0.2) is 4.39 Å². The smallest absolute Gasteiger partial charge is 0.251 e. The average molecular weight is 391 g/mol. The third-order valence-corrected chi connectivity index (χ3v) is 4.07. The van der Waals surface area contributed by atoms with Crippen LogP contribution in [0.15, 0.2) is 40.9 Å². The number of hydrogen-bond acceptors (Lipinski definition) is 1. The maximum atomic E-state index is 13.1. The molecule has 0 saturated carbocycles. The Labute approximate surface area is 140 Å². The van der Waals surface area contributed by atoms with Crippen molar-refractivity contribution in [3.8, 4) is 0 Å². The van der Waals surface area contributed by atoms with E-state index in [0.717, 1.165) is 5.56 Å². The predicted molar refractivity (Wildman–Crippen MR) is 86.6 cm³/mol. The van der Waals surface area contributed by atoms with Crippen LogP contribution in [0.1, 0.15) is 15.9 Å². The van der Waals surface area contributed by atoms with Crippen molar-refractivity contribution in [1.82, 2.24) is 5.32 Å². The highest BCUT2D eigenvalue weighted by atomic mass is 79.9. The van der Waals surface area contributed by atoms with Crippen LogP contribution in [0.25, 0.3) is 0 Å². The largest absolute Gasteiger partial charge is 0.352 e. The van der Waals surface area contributed by atoms with Gasteiger partial charge in [0.15, 0.2) is 0 Å². The zero-order valence-electron chi connectivity index (χ0n) is 10.8. The van der Waals surface area contributed by atoms with Crippen molar-refractivity contribution >= 4 is 45.0 Å². The molecule has 0 aliphatic carbocycles. The Morgan fingerprint density at radius 2 is 1.95 bits per heavy atom. The van der Waals surface area contributed by atoms with E-state index in [0.29, 0.717) is 28.6 Å². The molecule has 0 heterocycles. The standard InChI is InChI=1S/C15H11BrCl2FNO/c16-12-7-10(2-4-14(12)19)15(21)20-6-5-9-1-3-11(17)8-13(9)18/h1-4,7-8H,5-6H2,(H,20,21).